The lowest BCUT2D eigenvalue weighted by Gasteiger charge is -2.42. The number of amides is 2. The fraction of sp³-hybridized carbons (Fsp3) is 0.514. The van der Waals surface area contributed by atoms with Crippen LogP contribution in [0.5, 0.6) is 11.5 Å². The second-order valence-corrected chi connectivity index (χ2v) is 18.6. The van der Waals surface area contributed by atoms with Crippen molar-refractivity contribution in [2.75, 3.05) is 25.0 Å². The van der Waals surface area contributed by atoms with E-state index in [-0.39, 0.29) is 19.0 Å². The largest absolute Gasteiger partial charge is 0.540 e. The molecule has 10 nitrogen and oxygen atoms in total. The van der Waals surface area contributed by atoms with E-state index in [1.54, 1.807) is 6.20 Å². The number of likely N-dealkylation sites (tertiary alicyclic amines) is 1. The van der Waals surface area contributed by atoms with Gasteiger partial charge in [-0.3, -0.25) is 14.7 Å². The Bertz CT molecular complexity index is 1490. The summed E-state index contributed by atoms with van der Waals surface area (Å²) in [7, 11) is -2.42. The number of aliphatic hydroxyl groups is 1. The van der Waals surface area contributed by atoms with Crippen LogP contribution in [-0.2, 0) is 11.4 Å². The average molecular weight is 669 g/mol. The summed E-state index contributed by atoms with van der Waals surface area (Å²) in [4.78, 5) is 30.7. The SMILES string of the molecule is CC(C)[Si](Oc1c(OCc2ccccc2)ccc2ncc(N[C@H]3CCN(C(=O)O)[C@H](C(=O)NCC(F)CO)C3)cc12)(C(C)C)C(C)C. The number of anilines is 1. The molecule has 4 N–H and O–H groups in total. The quantitative estimate of drug-likeness (QED) is 0.139. The number of fused-ring (bicyclic) bond motifs is 1. The lowest BCUT2D eigenvalue weighted by Crippen LogP contribution is -2.56. The Hall–Kier alpha value is -3.90. The van der Waals surface area contributed by atoms with E-state index in [2.05, 4.69) is 52.2 Å². The van der Waals surface area contributed by atoms with Crippen molar-refractivity contribution in [2.45, 2.75) is 95.9 Å². The van der Waals surface area contributed by atoms with Gasteiger partial charge in [-0.15, -0.1) is 0 Å². The molecule has 47 heavy (non-hydrogen) atoms. The molecule has 0 aliphatic carbocycles. The molecule has 3 atom stereocenters. The van der Waals surface area contributed by atoms with E-state index in [0.717, 1.165) is 21.4 Å². The number of rotatable bonds is 14. The Labute approximate surface area is 277 Å². The van der Waals surface area contributed by atoms with E-state index in [9.17, 15) is 19.1 Å². The lowest BCUT2D eigenvalue weighted by molar-refractivity contribution is -0.127. The van der Waals surface area contributed by atoms with Gasteiger partial charge in [0.25, 0.3) is 8.32 Å². The molecule has 2 aromatic carbocycles. The highest BCUT2D eigenvalue weighted by Crippen LogP contribution is 2.47. The Morgan fingerprint density at radius 3 is 2.36 bits per heavy atom. The number of aliphatic hydroxyl groups excluding tert-OH is 1. The van der Waals surface area contributed by atoms with Gasteiger partial charge in [0.05, 0.1) is 30.6 Å². The van der Waals surface area contributed by atoms with E-state index in [4.69, 9.17) is 19.3 Å². The van der Waals surface area contributed by atoms with Crippen molar-refractivity contribution in [2.24, 2.45) is 0 Å². The van der Waals surface area contributed by atoms with E-state index >= 15 is 0 Å². The zero-order valence-electron chi connectivity index (χ0n) is 28.2. The van der Waals surface area contributed by atoms with Gasteiger partial charge < -0.3 is 30.0 Å². The molecule has 1 unspecified atom stereocenters. The number of ether oxygens (including phenoxy) is 1. The van der Waals surface area contributed by atoms with E-state index in [0.29, 0.717) is 46.8 Å². The van der Waals surface area contributed by atoms with Gasteiger partial charge >= 0.3 is 6.09 Å². The summed E-state index contributed by atoms with van der Waals surface area (Å²) in [6.07, 6.45) is -0.472. The van der Waals surface area contributed by atoms with Crippen molar-refractivity contribution in [3.8, 4) is 11.5 Å². The zero-order chi connectivity index (χ0) is 34.3. The van der Waals surface area contributed by atoms with Crippen LogP contribution in [0.2, 0.25) is 16.6 Å². The fourth-order valence-electron chi connectivity index (χ4n) is 6.92. The summed E-state index contributed by atoms with van der Waals surface area (Å²) in [5.74, 6) is 0.708. The van der Waals surface area contributed by atoms with Crippen LogP contribution in [0.1, 0.15) is 59.9 Å². The number of carboxylic acid groups (broad SMARTS) is 1. The maximum Gasteiger partial charge on any atom is 0.407 e. The van der Waals surface area contributed by atoms with Crippen LogP contribution in [0.4, 0.5) is 14.9 Å². The first-order valence-corrected chi connectivity index (χ1v) is 18.6. The van der Waals surface area contributed by atoms with E-state index in [1.807, 2.05) is 48.5 Å². The summed E-state index contributed by atoms with van der Waals surface area (Å²) < 4.78 is 27.3. The highest BCUT2D eigenvalue weighted by molar-refractivity contribution is 6.78. The first-order chi connectivity index (χ1) is 22.4. The third-order valence-electron chi connectivity index (χ3n) is 9.22. The van der Waals surface area contributed by atoms with Crippen molar-refractivity contribution < 1.29 is 33.4 Å². The standard InChI is InChI=1S/C35H49FN4O6Si/c1-22(2)47(23(3)4,24(5)6)46-33-29-16-28(19-37-30(29)12-13-32(33)45-21-25-10-8-7-9-11-25)39-27-14-15-40(35(43)44)31(17-27)34(42)38-18-26(36)20-41/h7-13,16,19,22-24,26-27,31,39,41H,14-15,17-18,20-21H2,1-6H3,(H,38,42)(H,43,44)/t26?,27-,31-/m0/s1. The minimum atomic E-state index is -2.42. The second kappa shape index (κ2) is 15.8. The number of benzene rings is 2. The third-order valence-corrected chi connectivity index (χ3v) is 15.2. The van der Waals surface area contributed by atoms with Gasteiger partial charge in [-0.25, -0.2) is 9.18 Å². The second-order valence-electron chi connectivity index (χ2n) is 13.3. The van der Waals surface area contributed by atoms with Crippen LogP contribution in [-0.4, -0.2) is 78.4 Å². The number of piperidine rings is 1. The molecule has 0 spiro atoms. The molecule has 1 aliphatic heterocycles. The van der Waals surface area contributed by atoms with E-state index in [1.165, 1.54) is 0 Å². The lowest BCUT2D eigenvalue weighted by atomic mass is 9.96. The van der Waals surface area contributed by atoms with Crippen LogP contribution >= 0.6 is 0 Å². The van der Waals surface area contributed by atoms with Crippen molar-refractivity contribution in [1.82, 2.24) is 15.2 Å². The summed E-state index contributed by atoms with van der Waals surface area (Å²) in [6, 6.07) is 14.5. The minimum Gasteiger partial charge on any atom is -0.540 e. The zero-order valence-corrected chi connectivity index (χ0v) is 29.2. The van der Waals surface area contributed by atoms with Crippen molar-refractivity contribution in [3.63, 3.8) is 0 Å². The van der Waals surface area contributed by atoms with Gasteiger partial charge in [-0.1, -0.05) is 71.9 Å². The molecule has 256 valence electrons. The summed E-state index contributed by atoms with van der Waals surface area (Å²) >= 11 is 0. The number of carbonyl (C=O) groups is 2. The molecule has 1 aromatic heterocycles. The fourth-order valence-corrected chi connectivity index (χ4v) is 12.2. The molecule has 2 amide bonds. The first-order valence-electron chi connectivity index (χ1n) is 16.4. The van der Waals surface area contributed by atoms with Crippen molar-refractivity contribution >= 4 is 36.9 Å². The summed E-state index contributed by atoms with van der Waals surface area (Å²) in [5, 5.41) is 25.4. The Morgan fingerprint density at radius 2 is 1.74 bits per heavy atom. The monoisotopic (exact) mass is 668 g/mol. The average Bonchev–Trinajstić information content (AvgIpc) is 3.04. The van der Waals surface area contributed by atoms with Crippen LogP contribution in [0, 0.1) is 0 Å². The predicted molar refractivity (Wildman–Crippen MR) is 184 cm³/mol. The molecular formula is C35H49FN4O6Si. The van der Waals surface area contributed by atoms with Gasteiger partial charge in [-0.05, 0) is 53.2 Å². The summed E-state index contributed by atoms with van der Waals surface area (Å²) in [6.45, 7) is 12.8. The number of nitrogens with zero attached hydrogens (tertiary/aromatic N) is 2. The van der Waals surface area contributed by atoms with Crippen LogP contribution < -0.4 is 19.8 Å². The Kier molecular flexibility index (Phi) is 12.1. The molecule has 2 heterocycles. The van der Waals surface area contributed by atoms with Crippen molar-refractivity contribution in [3.05, 3.63) is 60.3 Å². The van der Waals surface area contributed by atoms with Gasteiger partial charge in [0.15, 0.2) is 11.5 Å². The van der Waals surface area contributed by atoms with Gasteiger partial charge in [0.2, 0.25) is 5.91 Å². The van der Waals surface area contributed by atoms with Gasteiger partial charge in [-0.2, -0.15) is 0 Å². The van der Waals surface area contributed by atoms with Crippen molar-refractivity contribution in [1.29, 1.82) is 0 Å². The molecule has 12 heteroatoms. The number of hydrogen-bond acceptors (Lipinski definition) is 7. The smallest absolute Gasteiger partial charge is 0.407 e. The maximum absolute atomic E-state index is 13.6. The minimum absolute atomic E-state index is 0.127. The molecule has 1 aliphatic rings. The summed E-state index contributed by atoms with van der Waals surface area (Å²) in [5.41, 5.74) is 3.45. The molecule has 1 fully saturated rings. The van der Waals surface area contributed by atoms with Crippen LogP contribution in [0.15, 0.2) is 54.7 Å². The third kappa shape index (κ3) is 8.34. The van der Waals surface area contributed by atoms with Gasteiger partial charge in [0.1, 0.15) is 18.8 Å². The molecule has 0 radical (unpaired) electrons. The highest BCUT2D eigenvalue weighted by atomic mass is 28.4. The molecule has 1 saturated heterocycles. The maximum atomic E-state index is 13.6. The Morgan fingerprint density at radius 1 is 1.06 bits per heavy atom. The molecular weight excluding hydrogens is 619 g/mol. The van der Waals surface area contributed by atoms with E-state index < -0.39 is 45.7 Å². The Balaban J connectivity index is 1.69. The molecule has 3 aromatic rings. The highest BCUT2D eigenvalue weighted by Gasteiger charge is 2.48. The first kappa shape index (κ1) is 35.9. The van der Waals surface area contributed by atoms with Gasteiger partial charge in [0, 0.05) is 18.0 Å². The normalized spacial score (nSPS) is 17.6. The van der Waals surface area contributed by atoms with Crippen LogP contribution in [0.3, 0.4) is 0 Å². The number of alkyl halides is 1. The number of aromatic nitrogens is 1. The number of hydrogen-bond donors (Lipinski definition) is 4. The molecule has 4 rings (SSSR count). The van der Waals surface area contributed by atoms with Crippen LogP contribution in [0.25, 0.3) is 10.9 Å². The molecule has 0 bridgehead atoms. The number of carbonyl (C=O) groups excluding carboxylic acids is 1. The predicted octanol–water partition coefficient (Wildman–Crippen LogP) is 6.74. The number of pyridine rings is 1. The number of halogens is 1. The number of nitrogens with one attached hydrogen (secondary N) is 2. The molecule has 0 saturated carbocycles. The topological polar surface area (TPSA) is 133 Å².